The highest BCUT2D eigenvalue weighted by molar-refractivity contribution is 6.32. The molecule has 0 unspecified atom stereocenters. The van der Waals surface area contributed by atoms with Gasteiger partial charge in [-0.05, 0) is 43.7 Å². The van der Waals surface area contributed by atoms with Gasteiger partial charge in [0, 0.05) is 25.3 Å². The first-order valence-electron chi connectivity index (χ1n) is 9.93. The quantitative estimate of drug-likeness (QED) is 0.538. The molecule has 160 valence electrons. The number of benzene rings is 2. The molecule has 30 heavy (non-hydrogen) atoms. The number of carbonyl (C=O) groups is 1. The fourth-order valence-corrected chi connectivity index (χ4v) is 3.47. The molecule has 0 aliphatic rings. The van der Waals surface area contributed by atoms with Gasteiger partial charge in [-0.15, -0.1) is 0 Å². The predicted molar refractivity (Wildman–Crippen MR) is 119 cm³/mol. The number of rotatable bonds is 8. The van der Waals surface area contributed by atoms with Crippen molar-refractivity contribution in [1.29, 1.82) is 0 Å². The lowest BCUT2D eigenvalue weighted by molar-refractivity contribution is 0.102. The third-order valence-electron chi connectivity index (χ3n) is 4.85. The number of ether oxygens (including phenoxy) is 2. The van der Waals surface area contributed by atoms with Crippen LogP contribution in [0.4, 0.5) is 5.69 Å². The van der Waals surface area contributed by atoms with Gasteiger partial charge >= 0.3 is 5.69 Å². The highest BCUT2D eigenvalue weighted by Gasteiger charge is 2.17. The summed E-state index contributed by atoms with van der Waals surface area (Å²) in [6.07, 6.45) is 1.90. The van der Waals surface area contributed by atoms with Crippen LogP contribution >= 0.6 is 11.6 Å². The number of hydrogen-bond donors (Lipinski definition) is 1. The molecule has 0 fully saturated rings. The van der Waals surface area contributed by atoms with Crippen molar-refractivity contribution in [3.05, 3.63) is 51.4 Å². The van der Waals surface area contributed by atoms with Crippen LogP contribution in [0.25, 0.3) is 11.0 Å². The molecule has 0 bridgehead atoms. The third kappa shape index (κ3) is 4.31. The van der Waals surface area contributed by atoms with Crippen LogP contribution in [0, 0.1) is 0 Å². The van der Waals surface area contributed by atoms with Crippen LogP contribution < -0.4 is 20.5 Å². The molecule has 1 N–H and O–H groups in total. The summed E-state index contributed by atoms with van der Waals surface area (Å²) in [6, 6.07) is 8.52. The van der Waals surface area contributed by atoms with E-state index in [1.165, 1.54) is 4.57 Å². The van der Waals surface area contributed by atoms with E-state index in [1.807, 2.05) is 6.92 Å². The number of aromatic nitrogens is 2. The summed E-state index contributed by atoms with van der Waals surface area (Å²) < 4.78 is 14.5. The van der Waals surface area contributed by atoms with E-state index < -0.39 is 0 Å². The number of anilines is 1. The molecule has 0 radical (unpaired) electrons. The van der Waals surface area contributed by atoms with Gasteiger partial charge in [0.25, 0.3) is 5.91 Å². The van der Waals surface area contributed by atoms with Crippen molar-refractivity contribution in [2.75, 3.05) is 18.5 Å². The van der Waals surface area contributed by atoms with Crippen molar-refractivity contribution < 1.29 is 14.3 Å². The predicted octanol–water partition coefficient (Wildman–Crippen LogP) is 4.36. The topological polar surface area (TPSA) is 74.5 Å². The maximum Gasteiger partial charge on any atom is 0.328 e. The molecule has 3 rings (SSSR count). The average molecular weight is 432 g/mol. The number of imidazole rings is 1. The van der Waals surface area contributed by atoms with E-state index in [9.17, 15) is 9.59 Å². The molecule has 0 saturated carbocycles. The number of aryl methyl sites for hydroxylation is 2. The zero-order chi connectivity index (χ0) is 21.8. The van der Waals surface area contributed by atoms with Gasteiger partial charge in [-0.3, -0.25) is 13.9 Å². The average Bonchev–Trinajstić information content (AvgIpc) is 2.94. The summed E-state index contributed by atoms with van der Waals surface area (Å²) in [5.41, 5.74) is 2.32. The molecule has 1 amide bonds. The van der Waals surface area contributed by atoms with E-state index in [0.29, 0.717) is 41.0 Å². The van der Waals surface area contributed by atoms with Crippen LogP contribution in [0.5, 0.6) is 11.5 Å². The molecule has 1 aromatic heterocycles. The number of hydrogen-bond acceptors (Lipinski definition) is 4. The van der Waals surface area contributed by atoms with Crippen LogP contribution in [-0.4, -0.2) is 28.3 Å². The number of nitrogens with one attached hydrogen (secondary N) is 1. The van der Waals surface area contributed by atoms with Gasteiger partial charge < -0.3 is 14.8 Å². The molecule has 0 spiro atoms. The minimum absolute atomic E-state index is 0.125. The van der Waals surface area contributed by atoms with Crippen molar-refractivity contribution in [1.82, 2.24) is 9.13 Å². The fourth-order valence-electron chi connectivity index (χ4n) is 3.21. The molecule has 0 aliphatic heterocycles. The summed E-state index contributed by atoms with van der Waals surface area (Å²) in [4.78, 5) is 25.0. The number of fused-ring (bicyclic) bond motifs is 1. The number of unbranched alkanes of at least 4 members (excludes halogenated alkanes) is 1. The molecule has 3 aromatic rings. The highest BCUT2D eigenvalue weighted by atomic mass is 35.5. The van der Waals surface area contributed by atoms with Gasteiger partial charge in [0.1, 0.15) is 0 Å². The van der Waals surface area contributed by atoms with Crippen molar-refractivity contribution in [3.8, 4) is 11.5 Å². The maximum absolute atomic E-state index is 12.8. The normalized spacial score (nSPS) is 11.0. The summed E-state index contributed by atoms with van der Waals surface area (Å²) in [7, 11) is 3.41. The zero-order valence-electron chi connectivity index (χ0n) is 17.6. The largest absolute Gasteiger partial charge is 0.490 e. The monoisotopic (exact) mass is 431 g/mol. The molecular weight excluding hydrogens is 406 g/mol. The summed E-state index contributed by atoms with van der Waals surface area (Å²) in [5.74, 6) is 0.551. The van der Waals surface area contributed by atoms with Gasteiger partial charge in [0.05, 0.1) is 29.3 Å². The summed E-state index contributed by atoms with van der Waals surface area (Å²) in [6.45, 7) is 4.88. The second kappa shape index (κ2) is 9.26. The van der Waals surface area contributed by atoms with Crippen molar-refractivity contribution in [3.63, 3.8) is 0 Å². The van der Waals surface area contributed by atoms with E-state index in [0.717, 1.165) is 23.9 Å². The van der Waals surface area contributed by atoms with Crippen molar-refractivity contribution in [2.24, 2.45) is 14.1 Å². The first-order valence-corrected chi connectivity index (χ1v) is 10.3. The lowest BCUT2D eigenvalue weighted by Crippen LogP contribution is -2.19. The molecule has 0 atom stereocenters. The van der Waals surface area contributed by atoms with Crippen LogP contribution in [0.3, 0.4) is 0 Å². The van der Waals surface area contributed by atoms with Crippen molar-refractivity contribution >= 4 is 34.2 Å². The Balaban J connectivity index is 1.88. The van der Waals surface area contributed by atoms with Crippen LogP contribution in [0.1, 0.15) is 37.0 Å². The number of carbonyl (C=O) groups excluding carboxylic acids is 1. The Kier molecular flexibility index (Phi) is 6.72. The van der Waals surface area contributed by atoms with Gasteiger partial charge in [0.15, 0.2) is 11.5 Å². The lowest BCUT2D eigenvalue weighted by atomic mass is 10.1. The number of amides is 1. The van der Waals surface area contributed by atoms with Crippen LogP contribution in [-0.2, 0) is 14.1 Å². The molecule has 8 heteroatoms. The Morgan fingerprint density at radius 2 is 1.80 bits per heavy atom. The maximum atomic E-state index is 12.8. The number of halogens is 1. The van der Waals surface area contributed by atoms with E-state index >= 15 is 0 Å². The first kappa shape index (κ1) is 21.8. The lowest BCUT2D eigenvalue weighted by Gasteiger charge is -2.15. The van der Waals surface area contributed by atoms with E-state index in [1.54, 1.807) is 49.0 Å². The molecular formula is C22H26ClN3O4. The van der Waals surface area contributed by atoms with Crippen molar-refractivity contribution in [2.45, 2.75) is 26.7 Å². The van der Waals surface area contributed by atoms with Crippen LogP contribution in [0.2, 0.25) is 5.02 Å². The highest BCUT2D eigenvalue weighted by Crippen LogP contribution is 2.37. The zero-order valence-corrected chi connectivity index (χ0v) is 18.4. The smallest absolute Gasteiger partial charge is 0.328 e. The first-order chi connectivity index (χ1) is 14.4. The molecule has 1 heterocycles. The SMILES string of the molecule is CCCCOc1c(Cl)cc(C(=O)Nc2ccc3c(c2)n(C)c(=O)n3C)cc1OCC. The standard InChI is InChI=1S/C22H26ClN3O4/c1-5-7-10-30-20-16(23)11-14(12-19(20)29-6-2)21(27)24-15-8-9-17-18(13-15)26(4)22(28)25(17)3/h8-9,11-13H,5-7,10H2,1-4H3,(H,24,27). The Labute approximate surface area is 180 Å². The van der Waals surface area contributed by atoms with E-state index in [4.69, 9.17) is 21.1 Å². The van der Waals surface area contributed by atoms with Crippen LogP contribution in [0.15, 0.2) is 35.1 Å². The minimum Gasteiger partial charge on any atom is -0.490 e. The minimum atomic E-state index is -0.335. The Morgan fingerprint density at radius 3 is 2.50 bits per heavy atom. The second-order valence-electron chi connectivity index (χ2n) is 6.98. The third-order valence-corrected chi connectivity index (χ3v) is 5.13. The van der Waals surface area contributed by atoms with E-state index in [-0.39, 0.29) is 11.6 Å². The molecule has 0 saturated heterocycles. The Morgan fingerprint density at radius 1 is 1.07 bits per heavy atom. The van der Waals surface area contributed by atoms with Gasteiger partial charge in [-0.25, -0.2) is 4.79 Å². The van der Waals surface area contributed by atoms with E-state index in [2.05, 4.69) is 12.2 Å². The summed E-state index contributed by atoms with van der Waals surface area (Å²) >= 11 is 6.39. The van der Waals surface area contributed by atoms with Gasteiger partial charge in [0.2, 0.25) is 0 Å². The fraction of sp³-hybridized carbons (Fsp3) is 0.364. The molecule has 0 aliphatic carbocycles. The Bertz CT molecular complexity index is 1130. The Hall–Kier alpha value is -2.93. The number of nitrogens with zero attached hydrogens (tertiary/aromatic N) is 2. The van der Waals surface area contributed by atoms with Gasteiger partial charge in [-0.2, -0.15) is 0 Å². The van der Waals surface area contributed by atoms with Gasteiger partial charge in [-0.1, -0.05) is 24.9 Å². The molecule has 2 aromatic carbocycles. The molecule has 7 nitrogen and oxygen atoms in total. The summed E-state index contributed by atoms with van der Waals surface area (Å²) in [5, 5.41) is 3.18. The second-order valence-corrected chi connectivity index (χ2v) is 7.39.